The van der Waals surface area contributed by atoms with E-state index in [-0.39, 0.29) is 16.9 Å². The number of hydrogen-bond acceptors (Lipinski definition) is 3. The van der Waals surface area contributed by atoms with Gasteiger partial charge >= 0.3 is 0 Å². The lowest BCUT2D eigenvalue weighted by atomic mass is 10.1. The van der Waals surface area contributed by atoms with E-state index in [9.17, 15) is 9.59 Å². The smallest absolute Gasteiger partial charge is 0.261 e. The van der Waals surface area contributed by atoms with Gasteiger partial charge < -0.3 is 4.57 Å². The first-order chi connectivity index (χ1) is 9.40. The Morgan fingerprint density at radius 1 is 1.25 bits per heavy atom. The van der Waals surface area contributed by atoms with Crippen LogP contribution in [-0.2, 0) is 7.05 Å². The van der Waals surface area contributed by atoms with Gasteiger partial charge in [0.15, 0.2) is 5.78 Å². The number of carbonyl (C=O) groups excluding carboxylic acids is 1. The Morgan fingerprint density at radius 3 is 2.55 bits per heavy atom. The maximum absolute atomic E-state index is 12.2. The first-order valence-electron chi connectivity index (χ1n) is 6.36. The molecule has 0 aliphatic rings. The van der Waals surface area contributed by atoms with Crippen molar-refractivity contribution in [1.82, 2.24) is 4.57 Å². The van der Waals surface area contributed by atoms with Crippen LogP contribution in [0.3, 0.4) is 0 Å². The Labute approximate surface area is 122 Å². The highest BCUT2D eigenvalue weighted by atomic mass is 32.1. The molecule has 0 amide bonds. The summed E-state index contributed by atoms with van der Waals surface area (Å²) in [6.45, 7) is 5.67. The molecule has 0 saturated heterocycles. The lowest BCUT2D eigenvalue weighted by molar-refractivity contribution is 0.104. The molecule has 104 valence electrons. The molecule has 0 bridgehead atoms. The van der Waals surface area contributed by atoms with Gasteiger partial charge in [-0.15, -0.1) is 11.3 Å². The van der Waals surface area contributed by atoms with Crippen LogP contribution in [0.15, 0.2) is 29.1 Å². The minimum Gasteiger partial charge on any atom is -0.315 e. The molecule has 3 nitrogen and oxygen atoms in total. The van der Waals surface area contributed by atoms with Gasteiger partial charge in [-0.2, -0.15) is 0 Å². The normalized spacial score (nSPS) is 11.2. The summed E-state index contributed by atoms with van der Waals surface area (Å²) in [5.41, 5.74) is 1.59. The SMILES string of the molecule is Cc1ccc(/C=C/C(=O)c2c(C)cc(C)n(C)c2=O)s1. The fourth-order valence-electron chi connectivity index (χ4n) is 2.06. The number of rotatable bonds is 3. The van der Waals surface area contributed by atoms with Gasteiger partial charge in [-0.05, 0) is 56.7 Å². The van der Waals surface area contributed by atoms with Gasteiger partial charge in [-0.3, -0.25) is 9.59 Å². The van der Waals surface area contributed by atoms with Crippen LogP contribution in [0.2, 0.25) is 0 Å². The molecule has 2 rings (SSSR count). The monoisotopic (exact) mass is 287 g/mol. The fourth-order valence-corrected chi connectivity index (χ4v) is 2.84. The van der Waals surface area contributed by atoms with Gasteiger partial charge in [0.25, 0.3) is 5.56 Å². The van der Waals surface area contributed by atoms with Crippen molar-refractivity contribution in [2.75, 3.05) is 0 Å². The summed E-state index contributed by atoms with van der Waals surface area (Å²) in [4.78, 5) is 26.6. The zero-order valence-electron chi connectivity index (χ0n) is 12.1. The van der Waals surface area contributed by atoms with E-state index >= 15 is 0 Å². The number of nitrogens with zero attached hydrogens (tertiary/aromatic N) is 1. The van der Waals surface area contributed by atoms with E-state index in [1.165, 1.54) is 15.5 Å². The maximum atomic E-state index is 12.2. The van der Waals surface area contributed by atoms with Crippen molar-refractivity contribution in [3.8, 4) is 0 Å². The quantitative estimate of drug-likeness (QED) is 0.642. The Balaban J connectivity index is 2.37. The zero-order valence-corrected chi connectivity index (χ0v) is 12.9. The summed E-state index contributed by atoms with van der Waals surface area (Å²) >= 11 is 1.62. The van der Waals surface area contributed by atoms with E-state index in [0.29, 0.717) is 0 Å². The molecule has 0 aromatic carbocycles. The van der Waals surface area contributed by atoms with Crippen molar-refractivity contribution in [3.05, 3.63) is 61.2 Å². The second kappa shape index (κ2) is 5.59. The summed E-state index contributed by atoms with van der Waals surface area (Å²) < 4.78 is 1.50. The number of aromatic nitrogens is 1. The van der Waals surface area contributed by atoms with E-state index in [1.54, 1.807) is 31.4 Å². The average molecular weight is 287 g/mol. The Hall–Kier alpha value is -1.94. The third-order valence-electron chi connectivity index (χ3n) is 3.27. The van der Waals surface area contributed by atoms with Crippen LogP contribution >= 0.6 is 11.3 Å². The molecule has 2 heterocycles. The molecule has 0 aliphatic heterocycles. The van der Waals surface area contributed by atoms with Crippen molar-refractivity contribution >= 4 is 23.2 Å². The lowest BCUT2D eigenvalue weighted by Crippen LogP contribution is -2.26. The first-order valence-corrected chi connectivity index (χ1v) is 7.18. The summed E-state index contributed by atoms with van der Waals surface area (Å²) in [5.74, 6) is -0.242. The summed E-state index contributed by atoms with van der Waals surface area (Å²) in [7, 11) is 1.68. The molecule has 2 aromatic heterocycles. The topological polar surface area (TPSA) is 39.1 Å². The number of hydrogen-bond donors (Lipinski definition) is 0. The van der Waals surface area contributed by atoms with Crippen LogP contribution < -0.4 is 5.56 Å². The highest BCUT2D eigenvalue weighted by Gasteiger charge is 2.13. The largest absolute Gasteiger partial charge is 0.315 e. The molecule has 0 radical (unpaired) electrons. The lowest BCUT2D eigenvalue weighted by Gasteiger charge is -2.08. The molecule has 0 spiro atoms. The van der Waals surface area contributed by atoms with Crippen LogP contribution in [-0.4, -0.2) is 10.4 Å². The Kier molecular flexibility index (Phi) is 4.04. The highest BCUT2D eigenvalue weighted by molar-refractivity contribution is 7.12. The summed E-state index contributed by atoms with van der Waals surface area (Å²) in [6, 6.07) is 5.83. The third-order valence-corrected chi connectivity index (χ3v) is 4.24. The van der Waals surface area contributed by atoms with Crippen molar-refractivity contribution in [2.24, 2.45) is 7.05 Å². The van der Waals surface area contributed by atoms with Gasteiger partial charge in [-0.1, -0.05) is 0 Å². The molecular formula is C16H17NO2S. The molecule has 0 saturated carbocycles. The third kappa shape index (κ3) is 2.80. The van der Waals surface area contributed by atoms with Crippen molar-refractivity contribution in [2.45, 2.75) is 20.8 Å². The number of carbonyl (C=O) groups is 1. The van der Waals surface area contributed by atoms with Crippen molar-refractivity contribution in [1.29, 1.82) is 0 Å². The van der Waals surface area contributed by atoms with Gasteiger partial charge in [0, 0.05) is 22.5 Å². The molecule has 0 atom stereocenters. The molecule has 2 aromatic rings. The van der Waals surface area contributed by atoms with Gasteiger partial charge in [-0.25, -0.2) is 0 Å². The Morgan fingerprint density at radius 2 is 1.95 bits per heavy atom. The van der Waals surface area contributed by atoms with Crippen LogP contribution in [0.25, 0.3) is 6.08 Å². The first kappa shape index (κ1) is 14.5. The average Bonchev–Trinajstić information content (AvgIpc) is 2.79. The van der Waals surface area contributed by atoms with Crippen LogP contribution in [0, 0.1) is 20.8 Å². The van der Waals surface area contributed by atoms with Gasteiger partial charge in [0.1, 0.15) is 0 Å². The second-order valence-corrected chi connectivity index (χ2v) is 6.17. The standard InChI is InChI=1S/C16H17NO2S/c1-10-9-11(2)17(4)16(19)15(10)14(18)8-7-13-6-5-12(3)20-13/h5-9H,1-4H3/b8-7+. The highest BCUT2D eigenvalue weighted by Crippen LogP contribution is 2.17. The van der Waals surface area contributed by atoms with E-state index in [0.717, 1.165) is 16.1 Å². The summed E-state index contributed by atoms with van der Waals surface area (Å²) in [6.07, 6.45) is 3.24. The molecule has 4 heteroatoms. The maximum Gasteiger partial charge on any atom is 0.261 e. The second-order valence-electron chi connectivity index (χ2n) is 4.85. The number of allylic oxidation sites excluding steroid dienone is 1. The van der Waals surface area contributed by atoms with Crippen LogP contribution in [0.4, 0.5) is 0 Å². The summed E-state index contributed by atoms with van der Waals surface area (Å²) in [5, 5.41) is 0. The van der Waals surface area contributed by atoms with Crippen LogP contribution in [0.1, 0.15) is 31.4 Å². The van der Waals surface area contributed by atoms with Crippen molar-refractivity contribution in [3.63, 3.8) is 0 Å². The van der Waals surface area contributed by atoms with Gasteiger partial charge in [0.05, 0.1) is 5.56 Å². The number of ketones is 1. The van der Waals surface area contributed by atoms with Crippen molar-refractivity contribution < 1.29 is 4.79 Å². The number of aryl methyl sites for hydroxylation is 3. The number of thiophene rings is 1. The minimum absolute atomic E-state index is 0.237. The van der Waals surface area contributed by atoms with E-state index in [2.05, 4.69) is 0 Å². The van der Waals surface area contributed by atoms with Crippen LogP contribution in [0.5, 0.6) is 0 Å². The predicted molar refractivity (Wildman–Crippen MR) is 83.6 cm³/mol. The predicted octanol–water partition coefficient (Wildman–Crippen LogP) is 3.27. The Bertz CT molecular complexity index is 750. The van der Waals surface area contributed by atoms with E-state index in [4.69, 9.17) is 0 Å². The fraction of sp³-hybridized carbons (Fsp3) is 0.250. The van der Waals surface area contributed by atoms with E-state index < -0.39 is 0 Å². The van der Waals surface area contributed by atoms with Gasteiger partial charge in [0.2, 0.25) is 0 Å². The zero-order chi connectivity index (χ0) is 14.9. The molecule has 0 fully saturated rings. The number of pyridine rings is 1. The van der Waals surface area contributed by atoms with E-state index in [1.807, 2.05) is 32.0 Å². The molecule has 0 N–H and O–H groups in total. The molecule has 0 aliphatic carbocycles. The molecule has 0 unspecified atom stereocenters. The molecular weight excluding hydrogens is 270 g/mol. The minimum atomic E-state index is -0.242. The molecule has 20 heavy (non-hydrogen) atoms.